The summed E-state index contributed by atoms with van der Waals surface area (Å²) in [5.74, 6) is 0. The first-order valence-corrected chi connectivity index (χ1v) is 8.16. The molecule has 0 bridgehead atoms. The molecule has 2 rings (SSSR count). The van der Waals surface area contributed by atoms with E-state index in [4.69, 9.17) is 0 Å². The Morgan fingerprint density at radius 2 is 1.61 bits per heavy atom. The maximum absolute atomic E-state index is 3.83. The molecule has 106 valence electrons. The Kier molecular flexibility index (Phi) is 5.08. The van der Waals surface area contributed by atoms with E-state index in [2.05, 4.69) is 24.5 Å². The number of hydrogen-bond donors (Lipinski definition) is 2. The summed E-state index contributed by atoms with van der Waals surface area (Å²) < 4.78 is 0. The van der Waals surface area contributed by atoms with Crippen molar-refractivity contribution in [3.8, 4) is 0 Å². The first kappa shape index (κ1) is 14.3. The van der Waals surface area contributed by atoms with Gasteiger partial charge in [0.2, 0.25) is 0 Å². The van der Waals surface area contributed by atoms with Gasteiger partial charge in [0.05, 0.1) is 0 Å². The van der Waals surface area contributed by atoms with E-state index in [-0.39, 0.29) is 0 Å². The fourth-order valence-electron chi connectivity index (χ4n) is 3.83. The maximum atomic E-state index is 3.83. The second kappa shape index (κ2) is 6.38. The van der Waals surface area contributed by atoms with Crippen LogP contribution in [-0.4, -0.2) is 26.2 Å². The number of rotatable bonds is 8. The number of nitrogens with one attached hydrogen (secondary N) is 2. The molecule has 2 nitrogen and oxygen atoms in total. The molecule has 2 fully saturated rings. The second-order valence-corrected chi connectivity index (χ2v) is 6.88. The van der Waals surface area contributed by atoms with Gasteiger partial charge in [0.15, 0.2) is 0 Å². The molecule has 1 atom stereocenters. The topological polar surface area (TPSA) is 24.1 Å². The molecule has 0 aromatic heterocycles. The summed E-state index contributed by atoms with van der Waals surface area (Å²) >= 11 is 0. The van der Waals surface area contributed by atoms with Crippen molar-refractivity contribution in [2.75, 3.05) is 26.2 Å². The smallest absolute Gasteiger partial charge is 0.00202 e. The number of hydrogen-bond acceptors (Lipinski definition) is 2. The zero-order valence-electron chi connectivity index (χ0n) is 12.5. The molecule has 0 amide bonds. The van der Waals surface area contributed by atoms with Crippen molar-refractivity contribution in [1.29, 1.82) is 0 Å². The van der Waals surface area contributed by atoms with Gasteiger partial charge < -0.3 is 10.6 Å². The third kappa shape index (κ3) is 3.71. The van der Waals surface area contributed by atoms with Crippen LogP contribution in [0, 0.1) is 10.8 Å². The van der Waals surface area contributed by atoms with Crippen molar-refractivity contribution in [1.82, 2.24) is 10.6 Å². The van der Waals surface area contributed by atoms with Crippen LogP contribution in [0.3, 0.4) is 0 Å². The van der Waals surface area contributed by atoms with Crippen LogP contribution in [-0.2, 0) is 0 Å². The van der Waals surface area contributed by atoms with E-state index in [0.29, 0.717) is 10.8 Å². The lowest BCUT2D eigenvalue weighted by Gasteiger charge is -2.38. The molecule has 1 aliphatic heterocycles. The summed E-state index contributed by atoms with van der Waals surface area (Å²) in [4.78, 5) is 0. The highest BCUT2D eigenvalue weighted by Crippen LogP contribution is 2.49. The Morgan fingerprint density at radius 3 is 2.17 bits per heavy atom. The Balaban J connectivity index is 1.75. The van der Waals surface area contributed by atoms with Gasteiger partial charge in [-0.25, -0.2) is 0 Å². The first-order valence-electron chi connectivity index (χ1n) is 8.16. The van der Waals surface area contributed by atoms with Gasteiger partial charge in [0.1, 0.15) is 0 Å². The minimum atomic E-state index is 0.551. The SMILES string of the molecule is CCCC1(CNCC2(CCC)CCCNC2)CC1. The molecule has 0 radical (unpaired) electrons. The zero-order chi connectivity index (χ0) is 12.9. The predicted molar refractivity (Wildman–Crippen MR) is 78.9 cm³/mol. The van der Waals surface area contributed by atoms with E-state index in [1.165, 1.54) is 77.5 Å². The van der Waals surface area contributed by atoms with Gasteiger partial charge in [-0.2, -0.15) is 0 Å². The van der Waals surface area contributed by atoms with E-state index in [1.54, 1.807) is 0 Å². The molecule has 2 N–H and O–H groups in total. The lowest BCUT2D eigenvalue weighted by molar-refractivity contribution is 0.178. The van der Waals surface area contributed by atoms with E-state index in [9.17, 15) is 0 Å². The van der Waals surface area contributed by atoms with Crippen molar-refractivity contribution in [3.63, 3.8) is 0 Å². The van der Waals surface area contributed by atoms with Gasteiger partial charge in [-0.1, -0.05) is 26.7 Å². The molecule has 2 heteroatoms. The second-order valence-electron chi connectivity index (χ2n) is 6.88. The summed E-state index contributed by atoms with van der Waals surface area (Å²) in [7, 11) is 0. The molecule has 2 aliphatic rings. The summed E-state index contributed by atoms with van der Waals surface area (Å²) in [5, 5.41) is 7.44. The van der Waals surface area contributed by atoms with Crippen LogP contribution < -0.4 is 10.6 Å². The molecule has 18 heavy (non-hydrogen) atoms. The van der Waals surface area contributed by atoms with Crippen molar-refractivity contribution in [2.45, 2.75) is 65.2 Å². The Hall–Kier alpha value is -0.0800. The minimum Gasteiger partial charge on any atom is -0.316 e. The third-order valence-corrected chi connectivity index (χ3v) is 5.08. The average Bonchev–Trinajstić information content (AvgIpc) is 3.11. The molecule has 1 aliphatic carbocycles. The maximum Gasteiger partial charge on any atom is 0.00202 e. The molecule has 1 heterocycles. The zero-order valence-corrected chi connectivity index (χ0v) is 12.5. The molecule has 0 aromatic rings. The molecular formula is C16H32N2. The van der Waals surface area contributed by atoms with Gasteiger partial charge in [-0.15, -0.1) is 0 Å². The Morgan fingerprint density at radius 1 is 0.944 bits per heavy atom. The Labute approximate surface area is 113 Å². The molecule has 0 spiro atoms. The largest absolute Gasteiger partial charge is 0.316 e. The van der Waals surface area contributed by atoms with Gasteiger partial charge >= 0.3 is 0 Å². The predicted octanol–water partition coefficient (Wildman–Crippen LogP) is 3.33. The summed E-state index contributed by atoms with van der Waals surface area (Å²) in [6.07, 6.45) is 11.2. The van der Waals surface area contributed by atoms with Crippen LogP contribution >= 0.6 is 0 Å². The van der Waals surface area contributed by atoms with Crippen LogP contribution in [0.25, 0.3) is 0 Å². The summed E-state index contributed by atoms with van der Waals surface area (Å²) in [6.45, 7) is 9.62. The fourth-order valence-corrected chi connectivity index (χ4v) is 3.83. The highest BCUT2D eigenvalue weighted by Gasteiger charge is 2.41. The fraction of sp³-hybridized carbons (Fsp3) is 1.00. The van der Waals surface area contributed by atoms with Gasteiger partial charge in [-0.3, -0.25) is 0 Å². The highest BCUT2D eigenvalue weighted by atomic mass is 15.0. The lowest BCUT2D eigenvalue weighted by atomic mass is 9.77. The van der Waals surface area contributed by atoms with Gasteiger partial charge in [0.25, 0.3) is 0 Å². The molecule has 0 aromatic carbocycles. The van der Waals surface area contributed by atoms with E-state index >= 15 is 0 Å². The molecule has 1 saturated heterocycles. The van der Waals surface area contributed by atoms with Crippen LogP contribution in [0.2, 0.25) is 0 Å². The summed E-state index contributed by atoms with van der Waals surface area (Å²) in [5.41, 5.74) is 1.25. The lowest BCUT2D eigenvalue weighted by Crippen LogP contribution is -2.47. The van der Waals surface area contributed by atoms with Crippen LogP contribution in [0.4, 0.5) is 0 Å². The quantitative estimate of drug-likeness (QED) is 0.692. The van der Waals surface area contributed by atoms with E-state index < -0.39 is 0 Å². The standard InChI is InChI=1S/C16H32N2/c1-3-6-15(9-10-15)12-18-14-16(7-4-2)8-5-11-17-13-16/h17-18H,3-14H2,1-2H3. The van der Waals surface area contributed by atoms with E-state index in [1.807, 2.05) is 0 Å². The van der Waals surface area contributed by atoms with Gasteiger partial charge in [0, 0.05) is 19.6 Å². The monoisotopic (exact) mass is 252 g/mol. The normalized spacial score (nSPS) is 30.3. The van der Waals surface area contributed by atoms with Crippen LogP contribution in [0.1, 0.15) is 65.2 Å². The van der Waals surface area contributed by atoms with Crippen molar-refractivity contribution in [2.24, 2.45) is 10.8 Å². The first-order chi connectivity index (χ1) is 8.74. The highest BCUT2D eigenvalue weighted by molar-refractivity contribution is 4.95. The van der Waals surface area contributed by atoms with Crippen LogP contribution in [0.5, 0.6) is 0 Å². The van der Waals surface area contributed by atoms with Crippen molar-refractivity contribution in [3.05, 3.63) is 0 Å². The third-order valence-electron chi connectivity index (χ3n) is 5.08. The van der Waals surface area contributed by atoms with E-state index in [0.717, 1.165) is 0 Å². The number of piperidine rings is 1. The molecular weight excluding hydrogens is 220 g/mol. The average molecular weight is 252 g/mol. The molecule has 1 saturated carbocycles. The minimum absolute atomic E-state index is 0.551. The van der Waals surface area contributed by atoms with Crippen LogP contribution in [0.15, 0.2) is 0 Å². The van der Waals surface area contributed by atoms with Gasteiger partial charge in [-0.05, 0) is 55.9 Å². The van der Waals surface area contributed by atoms with Crippen molar-refractivity contribution >= 4 is 0 Å². The van der Waals surface area contributed by atoms with Crippen molar-refractivity contribution < 1.29 is 0 Å². The molecule has 1 unspecified atom stereocenters. The summed E-state index contributed by atoms with van der Waals surface area (Å²) in [6, 6.07) is 0. The Bertz CT molecular complexity index is 234.